The summed E-state index contributed by atoms with van der Waals surface area (Å²) in [5, 5.41) is 12.7. The highest BCUT2D eigenvalue weighted by Gasteiger charge is 2.16. The van der Waals surface area contributed by atoms with Crippen LogP contribution in [0.2, 0.25) is 0 Å². The summed E-state index contributed by atoms with van der Waals surface area (Å²) in [4.78, 5) is 15.3. The molecule has 0 aliphatic carbocycles. The van der Waals surface area contributed by atoms with E-state index in [-0.39, 0.29) is 6.61 Å². The number of carbonyl (C=O) groups is 1. The van der Waals surface area contributed by atoms with Crippen LogP contribution < -0.4 is 10.5 Å². The highest BCUT2D eigenvalue weighted by molar-refractivity contribution is 7.21. The van der Waals surface area contributed by atoms with Gasteiger partial charge in [0.2, 0.25) is 0 Å². The number of nitrogens with two attached hydrogens (primary N) is 1. The lowest BCUT2D eigenvalue weighted by molar-refractivity contribution is -0.139. The van der Waals surface area contributed by atoms with Gasteiger partial charge in [-0.25, -0.2) is 4.98 Å². The summed E-state index contributed by atoms with van der Waals surface area (Å²) in [7, 11) is 0. The van der Waals surface area contributed by atoms with E-state index in [2.05, 4.69) is 4.98 Å². The maximum atomic E-state index is 10.7. The third-order valence-corrected chi connectivity index (χ3v) is 4.74. The van der Waals surface area contributed by atoms with E-state index in [0.717, 1.165) is 25.3 Å². The first-order chi connectivity index (χ1) is 9.56. The van der Waals surface area contributed by atoms with E-state index in [9.17, 15) is 4.79 Å². The van der Waals surface area contributed by atoms with Crippen molar-refractivity contribution in [3.63, 3.8) is 0 Å². The van der Waals surface area contributed by atoms with Crippen molar-refractivity contribution in [3.8, 4) is 5.75 Å². The lowest BCUT2D eigenvalue weighted by Gasteiger charge is -2.10. The zero-order valence-corrected chi connectivity index (χ0v) is 12.3. The molecule has 0 aliphatic heterocycles. The lowest BCUT2D eigenvalue weighted by Crippen LogP contribution is -2.36. The van der Waals surface area contributed by atoms with E-state index in [1.165, 1.54) is 0 Å². The number of ether oxygens (including phenoxy) is 1. The number of fused-ring (bicyclic) bond motifs is 3. The molecule has 0 fully saturated rings. The molecule has 1 unspecified atom stereocenters. The first kappa shape index (κ1) is 13.3. The number of benzene rings is 1. The van der Waals surface area contributed by atoms with Crippen LogP contribution in [0.15, 0.2) is 17.5 Å². The molecule has 0 radical (unpaired) electrons. The predicted octanol–water partition coefficient (Wildman–Crippen LogP) is 2.61. The number of thiazole rings is 1. The third-order valence-electron chi connectivity index (χ3n) is 2.90. The van der Waals surface area contributed by atoms with Gasteiger partial charge in [-0.15, -0.1) is 22.7 Å². The Balaban J connectivity index is 2.04. The smallest absolute Gasteiger partial charge is 0.324 e. The quantitative estimate of drug-likeness (QED) is 0.774. The Morgan fingerprint density at radius 3 is 3.15 bits per heavy atom. The standard InChI is InChI=1S/C13H12N2O3S2/c1-6-15-11-10(20-6)4-9(7-2-3-19-12(7)11)18-5-8(14)13(16)17/h2-4,8H,5,14H2,1H3,(H,16,17). The van der Waals surface area contributed by atoms with Gasteiger partial charge in [-0.05, 0) is 18.4 Å². The van der Waals surface area contributed by atoms with Gasteiger partial charge in [0.05, 0.1) is 19.9 Å². The molecule has 5 nitrogen and oxygen atoms in total. The summed E-state index contributed by atoms with van der Waals surface area (Å²) in [6.45, 7) is 1.91. The van der Waals surface area contributed by atoms with Crippen molar-refractivity contribution in [1.82, 2.24) is 4.98 Å². The van der Waals surface area contributed by atoms with E-state index in [1.807, 2.05) is 24.4 Å². The average Bonchev–Trinajstić information content (AvgIpc) is 3.00. The fourth-order valence-electron chi connectivity index (χ4n) is 1.96. The molecule has 7 heteroatoms. The number of aliphatic carboxylic acids is 1. The van der Waals surface area contributed by atoms with Crippen LogP contribution in [0.1, 0.15) is 5.01 Å². The van der Waals surface area contributed by atoms with Crippen molar-refractivity contribution in [1.29, 1.82) is 0 Å². The zero-order chi connectivity index (χ0) is 14.3. The summed E-state index contributed by atoms with van der Waals surface area (Å²) in [5.41, 5.74) is 6.45. The monoisotopic (exact) mass is 308 g/mol. The minimum atomic E-state index is -1.07. The SMILES string of the molecule is Cc1nc2c(cc(OCC(N)C(=O)O)c3ccsc32)s1. The molecule has 20 heavy (non-hydrogen) atoms. The third kappa shape index (κ3) is 2.24. The van der Waals surface area contributed by atoms with Gasteiger partial charge < -0.3 is 15.6 Å². The minimum absolute atomic E-state index is 0.0520. The van der Waals surface area contributed by atoms with Crippen LogP contribution in [-0.4, -0.2) is 28.7 Å². The van der Waals surface area contributed by atoms with Crippen LogP contribution in [0.5, 0.6) is 5.75 Å². The molecule has 2 aromatic heterocycles. The first-order valence-corrected chi connectivity index (χ1v) is 7.64. The molecule has 3 aromatic rings. The van der Waals surface area contributed by atoms with Crippen LogP contribution in [0.3, 0.4) is 0 Å². The highest BCUT2D eigenvalue weighted by atomic mass is 32.1. The first-order valence-electron chi connectivity index (χ1n) is 5.95. The summed E-state index contributed by atoms with van der Waals surface area (Å²) >= 11 is 3.19. The molecule has 3 rings (SSSR count). The van der Waals surface area contributed by atoms with E-state index < -0.39 is 12.0 Å². The topological polar surface area (TPSA) is 85.4 Å². The lowest BCUT2D eigenvalue weighted by atomic mass is 10.2. The summed E-state index contributed by atoms with van der Waals surface area (Å²) < 4.78 is 7.70. The van der Waals surface area contributed by atoms with Crippen molar-refractivity contribution in [2.75, 3.05) is 6.61 Å². The molecule has 0 saturated heterocycles. The second kappa shape index (κ2) is 5.01. The molecule has 1 aromatic carbocycles. The maximum absolute atomic E-state index is 10.7. The number of thiophene rings is 1. The Hall–Kier alpha value is -1.70. The van der Waals surface area contributed by atoms with Gasteiger partial charge in [-0.1, -0.05) is 0 Å². The fourth-order valence-corrected chi connectivity index (χ4v) is 3.79. The van der Waals surface area contributed by atoms with Crippen LogP contribution in [0.4, 0.5) is 0 Å². The minimum Gasteiger partial charge on any atom is -0.491 e. The van der Waals surface area contributed by atoms with Crippen LogP contribution in [0, 0.1) is 6.92 Å². The number of hydrogen-bond donors (Lipinski definition) is 2. The molecule has 3 N–H and O–H groups in total. The summed E-state index contributed by atoms with van der Waals surface area (Å²) in [6, 6.07) is 2.84. The summed E-state index contributed by atoms with van der Waals surface area (Å²) in [6.07, 6.45) is 0. The van der Waals surface area contributed by atoms with Gasteiger partial charge in [-0.2, -0.15) is 0 Å². The maximum Gasteiger partial charge on any atom is 0.324 e. The normalized spacial score (nSPS) is 12.9. The second-order valence-electron chi connectivity index (χ2n) is 4.37. The number of aryl methyl sites for hydroxylation is 1. The Bertz CT molecular complexity index is 793. The molecule has 0 spiro atoms. The van der Waals surface area contributed by atoms with E-state index in [0.29, 0.717) is 5.75 Å². The van der Waals surface area contributed by atoms with Crippen molar-refractivity contribution in [2.45, 2.75) is 13.0 Å². The van der Waals surface area contributed by atoms with E-state index in [4.69, 9.17) is 15.6 Å². The second-order valence-corrected chi connectivity index (χ2v) is 6.52. The summed E-state index contributed by atoms with van der Waals surface area (Å²) in [5.74, 6) is -0.407. The van der Waals surface area contributed by atoms with Crippen LogP contribution >= 0.6 is 22.7 Å². The van der Waals surface area contributed by atoms with Crippen molar-refractivity contribution in [2.24, 2.45) is 5.73 Å². The predicted molar refractivity (Wildman–Crippen MR) is 80.8 cm³/mol. The molecule has 1 atom stereocenters. The number of nitrogens with zero attached hydrogens (tertiary/aromatic N) is 1. The fraction of sp³-hybridized carbons (Fsp3) is 0.231. The van der Waals surface area contributed by atoms with E-state index >= 15 is 0 Å². The van der Waals surface area contributed by atoms with Gasteiger partial charge >= 0.3 is 5.97 Å². The van der Waals surface area contributed by atoms with Crippen molar-refractivity contribution >= 4 is 48.9 Å². The average molecular weight is 308 g/mol. The molecule has 0 aliphatic rings. The number of aromatic nitrogens is 1. The Morgan fingerprint density at radius 1 is 1.60 bits per heavy atom. The van der Waals surface area contributed by atoms with Gasteiger partial charge in [-0.3, -0.25) is 4.79 Å². The molecule has 0 amide bonds. The zero-order valence-electron chi connectivity index (χ0n) is 10.6. The molecule has 2 heterocycles. The van der Waals surface area contributed by atoms with Crippen LogP contribution in [-0.2, 0) is 4.79 Å². The largest absolute Gasteiger partial charge is 0.491 e. The van der Waals surface area contributed by atoms with Crippen molar-refractivity contribution in [3.05, 3.63) is 22.5 Å². The van der Waals surface area contributed by atoms with Gasteiger partial charge in [0, 0.05) is 11.5 Å². The number of rotatable bonds is 4. The number of hydrogen-bond acceptors (Lipinski definition) is 6. The van der Waals surface area contributed by atoms with Gasteiger partial charge in [0.1, 0.15) is 18.4 Å². The molecular weight excluding hydrogens is 296 g/mol. The number of carboxylic acids is 1. The highest BCUT2D eigenvalue weighted by Crippen LogP contribution is 2.38. The Morgan fingerprint density at radius 2 is 2.40 bits per heavy atom. The molecule has 0 bridgehead atoms. The molecular formula is C13H12N2O3S2. The Kier molecular flexibility index (Phi) is 3.33. The number of carboxylic acid groups (broad SMARTS) is 1. The van der Waals surface area contributed by atoms with Gasteiger partial charge in [0.15, 0.2) is 0 Å². The van der Waals surface area contributed by atoms with Crippen LogP contribution in [0.25, 0.3) is 20.3 Å². The van der Waals surface area contributed by atoms with Gasteiger partial charge in [0.25, 0.3) is 0 Å². The molecule has 0 saturated carbocycles. The van der Waals surface area contributed by atoms with E-state index in [1.54, 1.807) is 22.7 Å². The van der Waals surface area contributed by atoms with Crippen molar-refractivity contribution < 1.29 is 14.6 Å². The Labute approximate surface area is 122 Å². The molecule has 104 valence electrons.